The van der Waals surface area contributed by atoms with Crippen LogP contribution in [0.3, 0.4) is 0 Å². The molecule has 0 heterocycles. The molecule has 1 aliphatic carbocycles. The van der Waals surface area contributed by atoms with Crippen molar-refractivity contribution in [2.75, 3.05) is 39.1 Å². The Morgan fingerprint density at radius 3 is 2.25 bits per heavy atom. The van der Waals surface area contributed by atoms with E-state index in [4.69, 9.17) is 18.9 Å². The highest BCUT2D eigenvalue weighted by molar-refractivity contribution is 5.98. The van der Waals surface area contributed by atoms with Gasteiger partial charge >= 0.3 is 0 Å². The highest BCUT2D eigenvalue weighted by atomic mass is 16.5. The Labute approximate surface area is 258 Å². The van der Waals surface area contributed by atoms with E-state index in [0.29, 0.717) is 59.1 Å². The molecule has 0 aromatic heterocycles. The summed E-state index contributed by atoms with van der Waals surface area (Å²) in [5, 5.41) is 9.20. The molecule has 0 unspecified atom stereocenters. The second kappa shape index (κ2) is 14.2. The highest BCUT2D eigenvalue weighted by Crippen LogP contribution is 2.50. The van der Waals surface area contributed by atoms with Gasteiger partial charge in [-0.15, -0.1) is 0 Å². The number of amides is 2. The van der Waals surface area contributed by atoms with Gasteiger partial charge in [0, 0.05) is 12.5 Å². The molecule has 10 nitrogen and oxygen atoms in total. The molecule has 3 aromatic carbocycles. The van der Waals surface area contributed by atoms with Crippen LogP contribution >= 0.6 is 0 Å². The van der Waals surface area contributed by atoms with Crippen LogP contribution in [0, 0.1) is 5.92 Å². The monoisotopic (exact) mass is 603 g/mol. The summed E-state index contributed by atoms with van der Waals surface area (Å²) >= 11 is 0. The van der Waals surface area contributed by atoms with Crippen molar-refractivity contribution in [1.29, 1.82) is 0 Å². The first kappa shape index (κ1) is 32.2. The van der Waals surface area contributed by atoms with Gasteiger partial charge in [-0.05, 0) is 65.8 Å². The summed E-state index contributed by atoms with van der Waals surface area (Å²) in [6.45, 7) is 5.40. The zero-order chi connectivity index (χ0) is 32.0. The van der Waals surface area contributed by atoms with E-state index in [2.05, 4.69) is 16.0 Å². The number of hydrogen-bond donors (Lipinski definition) is 3. The number of carbonyl (C=O) groups excluding carboxylic acids is 2. The summed E-state index contributed by atoms with van der Waals surface area (Å²) in [5.41, 5.74) is 3.49. The van der Waals surface area contributed by atoms with E-state index in [1.807, 2.05) is 38.1 Å². The van der Waals surface area contributed by atoms with Crippen molar-refractivity contribution >= 4 is 23.2 Å². The van der Waals surface area contributed by atoms with Crippen LogP contribution in [0.2, 0.25) is 0 Å². The topological polar surface area (TPSA) is 124 Å². The van der Waals surface area contributed by atoms with Crippen LogP contribution in [0.1, 0.15) is 50.8 Å². The van der Waals surface area contributed by atoms with Crippen molar-refractivity contribution in [2.45, 2.75) is 52.1 Å². The first-order valence-corrected chi connectivity index (χ1v) is 14.6. The van der Waals surface area contributed by atoms with Crippen LogP contribution in [0.15, 0.2) is 53.3 Å². The number of para-hydroxylation sites is 2. The summed E-state index contributed by atoms with van der Waals surface area (Å²) in [6, 6.07) is 13.0. The molecule has 0 aliphatic heterocycles. The minimum atomic E-state index is -0.725. The van der Waals surface area contributed by atoms with Crippen molar-refractivity contribution in [3.63, 3.8) is 0 Å². The standard InChI is InChI=1S/C34H41N3O7/c1-8-19(2)31(34(40)37-26-11-9-10-12-28(26)41-4)36-25-16-14-22-23(18-27(25)39)24(35-20(3)38)15-13-21-17-29(42-5)32(43-6)33(44-7)30(21)22/h9-12,14,16-19,24,31H,8,13,15H2,1-7H3,(H,35,38)(H,36,39)(H,37,40)/t19-,24+,31+/m1/s1. The van der Waals surface area contributed by atoms with Gasteiger partial charge in [0.2, 0.25) is 23.0 Å². The summed E-state index contributed by atoms with van der Waals surface area (Å²) in [6.07, 6.45) is 1.83. The van der Waals surface area contributed by atoms with Crippen molar-refractivity contribution in [2.24, 2.45) is 5.92 Å². The Balaban J connectivity index is 1.86. The lowest BCUT2D eigenvalue weighted by Crippen LogP contribution is -2.40. The third-order valence-corrected chi connectivity index (χ3v) is 8.09. The average molecular weight is 604 g/mol. The zero-order valence-electron chi connectivity index (χ0n) is 26.3. The lowest BCUT2D eigenvalue weighted by atomic mass is 9.95. The van der Waals surface area contributed by atoms with Crippen LogP contribution in [-0.4, -0.2) is 46.3 Å². The van der Waals surface area contributed by atoms with Gasteiger partial charge in [-0.25, -0.2) is 0 Å². The van der Waals surface area contributed by atoms with Gasteiger partial charge in [-0.1, -0.05) is 38.5 Å². The molecular formula is C34H41N3O7. The van der Waals surface area contributed by atoms with E-state index < -0.39 is 12.1 Å². The fourth-order valence-corrected chi connectivity index (χ4v) is 5.65. The molecule has 1 aliphatic rings. The number of methoxy groups -OCH3 is 4. The first-order chi connectivity index (χ1) is 21.2. The van der Waals surface area contributed by atoms with Crippen LogP contribution < -0.4 is 40.3 Å². The molecule has 3 aromatic rings. The van der Waals surface area contributed by atoms with Crippen molar-refractivity contribution < 1.29 is 28.5 Å². The number of benzene rings is 2. The van der Waals surface area contributed by atoms with E-state index in [1.165, 1.54) is 13.0 Å². The number of nitrogens with one attached hydrogen (secondary N) is 3. The first-order valence-electron chi connectivity index (χ1n) is 14.6. The third kappa shape index (κ3) is 6.59. The number of fused-ring (bicyclic) bond motifs is 3. The zero-order valence-corrected chi connectivity index (χ0v) is 26.3. The molecule has 10 heteroatoms. The van der Waals surface area contributed by atoms with E-state index >= 15 is 0 Å². The van der Waals surface area contributed by atoms with E-state index in [9.17, 15) is 14.4 Å². The third-order valence-electron chi connectivity index (χ3n) is 8.09. The Morgan fingerprint density at radius 1 is 0.909 bits per heavy atom. The molecule has 4 rings (SSSR count). The molecule has 3 N–H and O–H groups in total. The van der Waals surface area contributed by atoms with Gasteiger partial charge in [0.05, 0.1) is 45.9 Å². The molecule has 0 fully saturated rings. The largest absolute Gasteiger partial charge is 0.495 e. The minimum Gasteiger partial charge on any atom is -0.495 e. The molecule has 0 spiro atoms. The molecule has 0 saturated heterocycles. The fraction of sp³-hybridized carbons (Fsp3) is 0.382. The maximum absolute atomic E-state index is 13.8. The predicted molar refractivity (Wildman–Crippen MR) is 171 cm³/mol. The predicted octanol–water partition coefficient (Wildman–Crippen LogP) is 5.34. The molecule has 234 valence electrons. The van der Waals surface area contributed by atoms with E-state index in [0.717, 1.165) is 11.1 Å². The number of carbonyl (C=O) groups is 2. The Bertz CT molecular complexity index is 1590. The molecule has 0 bridgehead atoms. The summed E-state index contributed by atoms with van der Waals surface area (Å²) in [4.78, 5) is 39.7. The van der Waals surface area contributed by atoms with Crippen LogP contribution in [0.4, 0.5) is 11.4 Å². The lowest BCUT2D eigenvalue weighted by molar-refractivity contribution is -0.120. The second-order valence-corrected chi connectivity index (χ2v) is 10.8. The fourth-order valence-electron chi connectivity index (χ4n) is 5.65. The highest BCUT2D eigenvalue weighted by Gasteiger charge is 2.30. The van der Waals surface area contributed by atoms with E-state index in [-0.39, 0.29) is 28.8 Å². The van der Waals surface area contributed by atoms with E-state index in [1.54, 1.807) is 46.6 Å². The maximum Gasteiger partial charge on any atom is 0.247 e. The molecule has 2 amide bonds. The summed E-state index contributed by atoms with van der Waals surface area (Å²) < 4.78 is 22.5. The SMILES string of the molecule is CC[C@@H](C)[C@H](Nc1ccc2c(cc1=O)[C@@H](NC(C)=O)CCc1cc(OC)c(OC)c(OC)c1-2)C(=O)Nc1ccccc1OC. The quantitative estimate of drug-likeness (QED) is 0.269. The minimum absolute atomic E-state index is 0.114. The number of aryl methyl sites for hydroxylation is 1. The number of anilines is 2. The lowest BCUT2D eigenvalue weighted by Gasteiger charge is -2.24. The van der Waals surface area contributed by atoms with Crippen LogP contribution in [0.25, 0.3) is 11.1 Å². The normalized spacial score (nSPS) is 14.9. The van der Waals surface area contributed by atoms with Gasteiger partial charge in [0.25, 0.3) is 0 Å². The maximum atomic E-state index is 13.8. The molecular weight excluding hydrogens is 562 g/mol. The molecule has 3 atom stereocenters. The van der Waals surface area contributed by atoms with Gasteiger partial charge < -0.3 is 34.9 Å². The average Bonchev–Trinajstić information content (AvgIpc) is 3.26. The molecule has 44 heavy (non-hydrogen) atoms. The Kier molecular flexibility index (Phi) is 10.4. The Morgan fingerprint density at radius 2 is 1.61 bits per heavy atom. The van der Waals surface area contributed by atoms with Crippen LogP contribution in [-0.2, 0) is 16.0 Å². The smallest absolute Gasteiger partial charge is 0.247 e. The number of ether oxygens (including phenoxy) is 4. The second-order valence-electron chi connectivity index (χ2n) is 10.8. The van der Waals surface area contributed by atoms with Crippen molar-refractivity contribution in [1.82, 2.24) is 5.32 Å². The van der Waals surface area contributed by atoms with Gasteiger partial charge in [0.15, 0.2) is 11.5 Å². The molecule has 0 saturated carbocycles. The van der Waals surface area contributed by atoms with Crippen LogP contribution in [0.5, 0.6) is 23.0 Å². The van der Waals surface area contributed by atoms with Gasteiger partial charge in [-0.3, -0.25) is 14.4 Å². The molecule has 0 radical (unpaired) electrons. The van der Waals surface area contributed by atoms with Crippen molar-refractivity contribution in [3.05, 3.63) is 69.9 Å². The van der Waals surface area contributed by atoms with Crippen molar-refractivity contribution in [3.8, 4) is 34.1 Å². The number of hydrogen-bond acceptors (Lipinski definition) is 8. The van der Waals surface area contributed by atoms with Gasteiger partial charge in [-0.2, -0.15) is 0 Å². The summed E-state index contributed by atoms with van der Waals surface area (Å²) in [5.74, 6) is 1.33. The number of rotatable bonds is 11. The summed E-state index contributed by atoms with van der Waals surface area (Å²) in [7, 11) is 6.20. The van der Waals surface area contributed by atoms with Gasteiger partial charge in [0.1, 0.15) is 11.8 Å². The Hall–Kier alpha value is -4.73.